The Balaban J connectivity index is 1.03. The molecule has 2 aromatic heterocycles. The van der Waals surface area contributed by atoms with Crippen molar-refractivity contribution in [1.29, 1.82) is 0 Å². The van der Waals surface area contributed by atoms with Crippen LogP contribution in [0.2, 0.25) is 0 Å². The van der Waals surface area contributed by atoms with Crippen LogP contribution in [0.15, 0.2) is 60.8 Å². The number of hydrogen-bond donors (Lipinski definition) is 4. The van der Waals surface area contributed by atoms with Gasteiger partial charge in [0.25, 0.3) is 0 Å². The molecule has 2 heterocycles. The van der Waals surface area contributed by atoms with Crippen LogP contribution in [0.5, 0.6) is 0 Å². The third-order valence-corrected chi connectivity index (χ3v) is 8.96. The number of amides is 2. The first kappa shape index (κ1) is 36.7. The highest BCUT2D eigenvalue weighted by Gasteiger charge is 2.21. The van der Waals surface area contributed by atoms with Gasteiger partial charge in [-0.15, -0.1) is 0 Å². The number of carbonyl (C=O) groups excluding carboxylic acids is 2. The van der Waals surface area contributed by atoms with Crippen LogP contribution >= 0.6 is 0 Å². The number of rotatable bonds is 12. The molecule has 0 radical (unpaired) electrons. The lowest BCUT2D eigenvalue weighted by Crippen LogP contribution is -2.33. The van der Waals surface area contributed by atoms with Crippen molar-refractivity contribution >= 4 is 23.0 Å². The zero-order chi connectivity index (χ0) is 36.9. The Labute approximate surface area is 306 Å². The van der Waals surface area contributed by atoms with Gasteiger partial charge in [-0.1, -0.05) is 42.5 Å². The lowest BCUT2D eigenvalue weighted by Gasteiger charge is -2.19. The first-order valence-electron chi connectivity index (χ1n) is 18.5. The summed E-state index contributed by atoms with van der Waals surface area (Å²) in [5.41, 5.74) is 8.34. The molecule has 10 nitrogen and oxygen atoms in total. The second-order valence-corrected chi connectivity index (χ2v) is 15.7. The number of benzene rings is 3. The van der Waals surface area contributed by atoms with Gasteiger partial charge in [-0.05, 0) is 120 Å². The van der Waals surface area contributed by atoms with Crippen LogP contribution in [-0.4, -0.2) is 56.4 Å². The van der Waals surface area contributed by atoms with Crippen molar-refractivity contribution in [2.75, 3.05) is 13.1 Å². The molecule has 4 N–H and O–H groups in total. The third-order valence-electron chi connectivity index (χ3n) is 8.96. The number of carbonyl (C=O) groups is 2. The van der Waals surface area contributed by atoms with Crippen LogP contribution in [0, 0.1) is 0 Å². The minimum Gasteiger partial charge on any atom is -0.444 e. The van der Waals surface area contributed by atoms with Crippen molar-refractivity contribution in [3.05, 3.63) is 83.7 Å². The number of unbranched alkanes of at least 4 members (excludes halogenated alkanes) is 2. The molecule has 0 bridgehead atoms. The van der Waals surface area contributed by atoms with E-state index in [9.17, 15) is 9.59 Å². The summed E-state index contributed by atoms with van der Waals surface area (Å²) < 4.78 is 10.6. The molecule has 5 aromatic rings. The monoisotopic (exact) mass is 704 g/mol. The number of aryl methyl sites for hydroxylation is 4. The highest BCUT2D eigenvalue weighted by atomic mass is 16.6. The van der Waals surface area contributed by atoms with E-state index in [1.165, 1.54) is 38.7 Å². The van der Waals surface area contributed by atoms with Gasteiger partial charge >= 0.3 is 12.2 Å². The zero-order valence-electron chi connectivity index (χ0n) is 31.4. The average molecular weight is 705 g/mol. The minimum atomic E-state index is -0.492. The third kappa shape index (κ3) is 9.80. The van der Waals surface area contributed by atoms with Gasteiger partial charge in [0.05, 0.1) is 17.6 Å². The Morgan fingerprint density at radius 3 is 1.92 bits per heavy atom. The average Bonchev–Trinajstić information content (AvgIpc) is 3.73. The number of aromatic nitrogens is 4. The Bertz CT molecular complexity index is 2030. The standard InChI is InChI=1S/C42H52N6O4/c1-41(2,3)51-39(49)43-21-9-7-11-36-45-26-35(47-36)32-16-15-28-23-27(13-14-29(28)25-32)30-17-19-33-31(24-30)18-20-34-38(33)48-37(46-34)12-8-10-22-44-40(50)52-42(4,5)6/h13-17,19,23-26H,7-12,18,20-22H2,1-6H3,(H,43,49)(H,44,50)(H,45,47)(H,46,48). The van der Waals surface area contributed by atoms with Crippen molar-refractivity contribution in [1.82, 2.24) is 30.6 Å². The van der Waals surface area contributed by atoms with Crippen molar-refractivity contribution in [3.8, 4) is 33.6 Å². The van der Waals surface area contributed by atoms with Crippen molar-refractivity contribution in [3.63, 3.8) is 0 Å². The maximum atomic E-state index is 11.9. The van der Waals surface area contributed by atoms with E-state index >= 15 is 0 Å². The Hall–Kier alpha value is -5.12. The van der Waals surface area contributed by atoms with Crippen molar-refractivity contribution in [2.24, 2.45) is 0 Å². The molecule has 274 valence electrons. The van der Waals surface area contributed by atoms with Gasteiger partial charge in [-0.25, -0.2) is 19.6 Å². The molecule has 0 fully saturated rings. The number of ether oxygens (including phenoxy) is 2. The summed E-state index contributed by atoms with van der Waals surface area (Å²) in [7, 11) is 0. The quantitative estimate of drug-likeness (QED) is 0.0958. The maximum absolute atomic E-state index is 11.9. The second kappa shape index (κ2) is 15.6. The lowest BCUT2D eigenvalue weighted by molar-refractivity contribution is 0.0515. The molecule has 0 unspecified atom stereocenters. The number of alkyl carbamates (subject to hydrolysis) is 2. The number of hydrogen-bond acceptors (Lipinski definition) is 6. The van der Waals surface area contributed by atoms with Gasteiger partial charge < -0.3 is 30.1 Å². The summed E-state index contributed by atoms with van der Waals surface area (Å²) in [4.78, 5) is 40.4. The first-order valence-corrected chi connectivity index (χ1v) is 18.5. The molecule has 0 aliphatic heterocycles. The number of imidazole rings is 2. The zero-order valence-corrected chi connectivity index (χ0v) is 31.4. The Kier molecular flexibility index (Phi) is 11.0. The molecule has 0 atom stereocenters. The highest BCUT2D eigenvalue weighted by molar-refractivity contribution is 5.91. The van der Waals surface area contributed by atoms with Gasteiger partial charge in [0.15, 0.2) is 0 Å². The van der Waals surface area contributed by atoms with E-state index in [0.717, 1.165) is 80.0 Å². The van der Waals surface area contributed by atoms with Crippen LogP contribution < -0.4 is 10.6 Å². The molecule has 1 aliphatic rings. The van der Waals surface area contributed by atoms with Crippen LogP contribution in [0.4, 0.5) is 9.59 Å². The Morgan fingerprint density at radius 1 is 0.692 bits per heavy atom. The fraction of sp³-hybridized carbons (Fsp3) is 0.429. The van der Waals surface area contributed by atoms with E-state index in [1.54, 1.807) is 0 Å². The SMILES string of the molecule is CC(C)(C)OC(=O)NCCCCc1ncc(-c2ccc3cc(-c4ccc5c(c4)CCc4[nH]c(CCCCNC(=O)OC(C)(C)C)nc4-5)ccc3c2)[nH]1. The van der Waals surface area contributed by atoms with Crippen LogP contribution in [-0.2, 0) is 35.2 Å². The Morgan fingerprint density at radius 2 is 1.27 bits per heavy atom. The molecule has 0 saturated carbocycles. The van der Waals surface area contributed by atoms with Crippen molar-refractivity contribution in [2.45, 2.75) is 104 Å². The molecule has 6 rings (SSSR count). The van der Waals surface area contributed by atoms with Crippen molar-refractivity contribution < 1.29 is 19.1 Å². The fourth-order valence-electron chi connectivity index (χ4n) is 6.53. The van der Waals surface area contributed by atoms with Crippen LogP contribution in [0.25, 0.3) is 44.4 Å². The largest absolute Gasteiger partial charge is 0.444 e. The second-order valence-electron chi connectivity index (χ2n) is 15.7. The molecule has 52 heavy (non-hydrogen) atoms. The topological polar surface area (TPSA) is 134 Å². The minimum absolute atomic E-state index is 0.370. The van der Waals surface area contributed by atoms with Gasteiger partial charge in [-0.2, -0.15) is 0 Å². The van der Waals surface area contributed by atoms with E-state index in [0.29, 0.717) is 13.1 Å². The van der Waals surface area contributed by atoms with E-state index < -0.39 is 11.2 Å². The van der Waals surface area contributed by atoms with Crippen LogP contribution in [0.1, 0.15) is 90.1 Å². The number of nitrogens with zero attached hydrogens (tertiary/aromatic N) is 2. The van der Waals surface area contributed by atoms with E-state index in [4.69, 9.17) is 14.5 Å². The smallest absolute Gasteiger partial charge is 0.407 e. The van der Waals surface area contributed by atoms with Gasteiger partial charge in [0.1, 0.15) is 22.9 Å². The first-order chi connectivity index (χ1) is 24.8. The summed E-state index contributed by atoms with van der Waals surface area (Å²) >= 11 is 0. The predicted molar refractivity (Wildman–Crippen MR) is 206 cm³/mol. The van der Waals surface area contributed by atoms with Gasteiger partial charge in [0, 0.05) is 42.8 Å². The summed E-state index contributed by atoms with van der Waals surface area (Å²) in [6, 6.07) is 20.0. The molecule has 10 heteroatoms. The van der Waals surface area contributed by atoms with E-state index in [1.807, 2.05) is 47.7 Å². The number of fused-ring (bicyclic) bond motifs is 4. The maximum Gasteiger partial charge on any atom is 0.407 e. The molecular weight excluding hydrogens is 652 g/mol. The molecular formula is C42H52N6O4. The van der Waals surface area contributed by atoms with E-state index in [-0.39, 0.29) is 12.2 Å². The summed E-state index contributed by atoms with van der Waals surface area (Å²) in [5.74, 6) is 1.95. The number of H-pyrrole nitrogens is 2. The molecule has 1 aliphatic carbocycles. The number of aromatic amines is 2. The summed E-state index contributed by atoms with van der Waals surface area (Å²) in [5, 5.41) is 8.02. The molecule has 0 saturated heterocycles. The number of nitrogens with one attached hydrogen (secondary N) is 4. The van der Waals surface area contributed by atoms with Crippen LogP contribution in [0.3, 0.4) is 0 Å². The van der Waals surface area contributed by atoms with Gasteiger partial charge in [0.2, 0.25) is 0 Å². The molecule has 0 spiro atoms. The molecule has 2 amide bonds. The normalized spacial score (nSPS) is 12.7. The summed E-state index contributed by atoms with van der Waals surface area (Å²) in [6.07, 6.45) is 8.28. The van der Waals surface area contributed by atoms with Gasteiger partial charge in [-0.3, -0.25) is 0 Å². The summed E-state index contributed by atoms with van der Waals surface area (Å²) in [6.45, 7) is 12.3. The molecule has 3 aromatic carbocycles. The lowest BCUT2D eigenvalue weighted by atomic mass is 9.89. The highest BCUT2D eigenvalue weighted by Crippen LogP contribution is 2.36. The van der Waals surface area contributed by atoms with E-state index in [2.05, 4.69) is 80.2 Å². The fourth-order valence-corrected chi connectivity index (χ4v) is 6.53. The predicted octanol–water partition coefficient (Wildman–Crippen LogP) is 9.08.